The van der Waals surface area contributed by atoms with Gasteiger partial charge in [-0.1, -0.05) is 0 Å². The highest BCUT2D eigenvalue weighted by Gasteiger charge is 2.18. The first-order valence-electron chi connectivity index (χ1n) is 4.15. The van der Waals surface area contributed by atoms with E-state index in [0.29, 0.717) is 17.9 Å². The Labute approximate surface area is 93.7 Å². The molecule has 14 heavy (non-hydrogen) atoms. The highest BCUT2D eigenvalue weighted by atomic mass is 127. The van der Waals surface area contributed by atoms with E-state index in [0.717, 1.165) is 9.09 Å². The molecule has 1 N–H and O–H groups in total. The van der Waals surface area contributed by atoms with E-state index in [1.165, 1.54) is 0 Å². The predicted octanol–water partition coefficient (Wildman–Crippen LogP) is 2.54. The normalized spacial score (nSPS) is 10.7. The number of furan rings is 1. The number of H-pyrrole nitrogens is 1. The number of carbonyl (C=O) groups is 1. The van der Waals surface area contributed by atoms with Gasteiger partial charge in [-0.05, 0) is 29.5 Å². The number of hydrogen-bond acceptors (Lipinski definition) is 3. The van der Waals surface area contributed by atoms with Crippen LogP contribution in [0.3, 0.4) is 0 Å². The molecule has 0 atom stereocenters. The summed E-state index contributed by atoms with van der Waals surface area (Å²) in [6.45, 7) is 2.15. The van der Waals surface area contributed by atoms with Crippen LogP contribution >= 0.6 is 22.6 Å². The Hall–Kier alpha value is -0.980. The highest BCUT2D eigenvalue weighted by Crippen LogP contribution is 2.25. The van der Waals surface area contributed by atoms with Crippen LogP contribution in [0, 0.1) is 3.57 Å². The number of ether oxygens (including phenoxy) is 1. The second-order valence-electron chi connectivity index (χ2n) is 2.70. The maximum Gasteiger partial charge on any atom is 0.356 e. The monoisotopic (exact) mass is 305 g/mol. The zero-order valence-electron chi connectivity index (χ0n) is 7.46. The molecular formula is C9H8INO3. The second-order valence-corrected chi connectivity index (χ2v) is 3.78. The smallest absolute Gasteiger partial charge is 0.356 e. The molecule has 0 unspecified atom stereocenters. The molecule has 0 aliphatic carbocycles. The summed E-state index contributed by atoms with van der Waals surface area (Å²) in [6, 6.07) is 1.78. The number of rotatable bonds is 2. The Morgan fingerprint density at radius 1 is 1.71 bits per heavy atom. The van der Waals surface area contributed by atoms with Crippen LogP contribution in [-0.4, -0.2) is 17.6 Å². The number of nitrogens with one attached hydrogen (secondary N) is 1. The van der Waals surface area contributed by atoms with E-state index in [2.05, 4.69) is 27.6 Å². The van der Waals surface area contributed by atoms with Gasteiger partial charge in [-0.3, -0.25) is 0 Å². The zero-order chi connectivity index (χ0) is 10.1. The third-order valence-corrected chi connectivity index (χ3v) is 2.85. The first-order chi connectivity index (χ1) is 6.74. The van der Waals surface area contributed by atoms with Gasteiger partial charge in [0, 0.05) is 6.07 Å². The van der Waals surface area contributed by atoms with Gasteiger partial charge in [0.1, 0.15) is 5.69 Å². The Balaban J connectivity index is 2.47. The molecule has 0 aliphatic rings. The van der Waals surface area contributed by atoms with Crippen LogP contribution in [0.2, 0.25) is 0 Å². The standard InChI is InChI=1S/C9H8INO3/c1-2-13-9(12)7-6(10)8-5(11-7)3-4-14-8/h3-4,11H,2H2,1H3. The minimum atomic E-state index is -0.344. The molecule has 0 radical (unpaired) electrons. The van der Waals surface area contributed by atoms with Crippen molar-refractivity contribution in [1.82, 2.24) is 4.98 Å². The minimum Gasteiger partial charge on any atom is -0.462 e. The van der Waals surface area contributed by atoms with Crippen LogP contribution in [0.1, 0.15) is 17.4 Å². The van der Waals surface area contributed by atoms with Crippen LogP contribution in [0.15, 0.2) is 16.7 Å². The quantitative estimate of drug-likeness (QED) is 0.685. The number of fused-ring (bicyclic) bond motifs is 1. The molecule has 0 saturated heterocycles. The third-order valence-electron chi connectivity index (χ3n) is 1.82. The van der Waals surface area contributed by atoms with E-state index in [9.17, 15) is 4.79 Å². The fourth-order valence-corrected chi connectivity index (χ4v) is 2.00. The van der Waals surface area contributed by atoms with Gasteiger partial charge in [0.2, 0.25) is 0 Å². The fraction of sp³-hybridized carbons (Fsp3) is 0.222. The molecular weight excluding hydrogens is 297 g/mol. The zero-order valence-corrected chi connectivity index (χ0v) is 9.62. The lowest BCUT2D eigenvalue weighted by Gasteiger charge is -1.98. The van der Waals surface area contributed by atoms with E-state index in [1.54, 1.807) is 19.3 Å². The molecule has 0 amide bonds. The van der Waals surface area contributed by atoms with Crippen molar-refractivity contribution >= 4 is 39.7 Å². The van der Waals surface area contributed by atoms with Crippen LogP contribution in [-0.2, 0) is 4.74 Å². The summed E-state index contributed by atoms with van der Waals surface area (Å²) in [5.74, 6) is -0.344. The Bertz CT molecular complexity index is 471. The topological polar surface area (TPSA) is 55.2 Å². The molecule has 0 fully saturated rings. The predicted molar refractivity (Wildman–Crippen MR) is 59.2 cm³/mol. The lowest BCUT2D eigenvalue weighted by atomic mass is 10.4. The molecule has 2 rings (SSSR count). The van der Waals surface area contributed by atoms with Crippen molar-refractivity contribution in [3.05, 3.63) is 21.6 Å². The van der Waals surface area contributed by atoms with E-state index in [1.807, 2.05) is 0 Å². The second kappa shape index (κ2) is 3.64. The van der Waals surface area contributed by atoms with Crippen molar-refractivity contribution in [1.29, 1.82) is 0 Å². The number of halogens is 1. The molecule has 0 bridgehead atoms. The van der Waals surface area contributed by atoms with Gasteiger partial charge in [-0.15, -0.1) is 0 Å². The summed E-state index contributed by atoms with van der Waals surface area (Å²) in [5, 5.41) is 0. The molecule has 0 aliphatic heterocycles. The molecule has 4 nitrogen and oxygen atoms in total. The molecule has 2 aromatic heterocycles. The van der Waals surface area contributed by atoms with E-state index in [-0.39, 0.29) is 5.97 Å². The summed E-state index contributed by atoms with van der Waals surface area (Å²) < 4.78 is 10.9. The molecule has 0 aromatic carbocycles. The van der Waals surface area contributed by atoms with Crippen molar-refractivity contribution < 1.29 is 13.9 Å². The lowest BCUT2D eigenvalue weighted by Crippen LogP contribution is -2.06. The molecule has 0 saturated carbocycles. The van der Waals surface area contributed by atoms with Gasteiger partial charge in [0.25, 0.3) is 0 Å². The first kappa shape index (κ1) is 9.57. The van der Waals surface area contributed by atoms with Crippen molar-refractivity contribution in [3.8, 4) is 0 Å². The fourth-order valence-electron chi connectivity index (χ4n) is 1.22. The van der Waals surface area contributed by atoms with Gasteiger partial charge in [0.15, 0.2) is 5.58 Å². The van der Waals surface area contributed by atoms with Crippen LogP contribution in [0.4, 0.5) is 0 Å². The van der Waals surface area contributed by atoms with Crippen molar-refractivity contribution in [2.24, 2.45) is 0 Å². The van der Waals surface area contributed by atoms with Gasteiger partial charge >= 0.3 is 5.97 Å². The number of esters is 1. The Morgan fingerprint density at radius 3 is 3.14 bits per heavy atom. The molecule has 2 aromatic rings. The largest absolute Gasteiger partial charge is 0.462 e. The third kappa shape index (κ3) is 1.41. The SMILES string of the molecule is CCOC(=O)c1[nH]c2ccoc2c1I. The van der Waals surface area contributed by atoms with Crippen LogP contribution < -0.4 is 0 Å². The van der Waals surface area contributed by atoms with Gasteiger partial charge < -0.3 is 14.1 Å². The Morgan fingerprint density at radius 2 is 2.50 bits per heavy atom. The highest BCUT2D eigenvalue weighted by molar-refractivity contribution is 14.1. The summed E-state index contributed by atoms with van der Waals surface area (Å²) in [5.41, 5.74) is 1.98. The van der Waals surface area contributed by atoms with E-state index < -0.39 is 0 Å². The average Bonchev–Trinajstić information content (AvgIpc) is 2.69. The molecule has 74 valence electrons. The summed E-state index contributed by atoms with van der Waals surface area (Å²) in [6.07, 6.45) is 1.58. The number of aromatic amines is 1. The van der Waals surface area contributed by atoms with Crippen LogP contribution in [0.25, 0.3) is 11.1 Å². The Kier molecular flexibility index (Phi) is 2.49. The van der Waals surface area contributed by atoms with Gasteiger partial charge in [-0.25, -0.2) is 4.79 Å². The van der Waals surface area contributed by atoms with Gasteiger partial charge in [-0.2, -0.15) is 0 Å². The van der Waals surface area contributed by atoms with Gasteiger partial charge in [0.05, 0.1) is 22.0 Å². The van der Waals surface area contributed by atoms with E-state index >= 15 is 0 Å². The van der Waals surface area contributed by atoms with Crippen LogP contribution in [0.5, 0.6) is 0 Å². The van der Waals surface area contributed by atoms with Crippen molar-refractivity contribution in [3.63, 3.8) is 0 Å². The maximum absolute atomic E-state index is 11.4. The average molecular weight is 305 g/mol. The summed E-state index contributed by atoms with van der Waals surface area (Å²) in [7, 11) is 0. The molecule has 2 heterocycles. The number of hydrogen-bond donors (Lipinski definition) is 1. The maximum atomic E-state index is 11.4. The molecule has 0 spiro atoms. The number of aromatic nitrogens is 1. The number of carbonyl (C=O) groups excluding carboxylic acids is 1. The molecule has 5 heteroatoms. The summed E-state index contributed by atoms with van der Waals surface area (Å²) in [4.78, 5) is 14.4. The first-order valence-corrected chi connectivity index (χ1v) is 5.23. The van der Waals surface area contributed by atoms with Crippen molar-refractivity contribution in [2.75, 3.05) is 6.61 Å². The minimum absolute atomic E-state index is 0.344. The van der Waals surface area contributed by atoms with Crippen molar-refractivity contribution in [2.45, 2.75) is 6.92 Å². The van der Waals surface area contributed by atoms with E-state index in [4.69, 9.17) is 9.15 Å². The lowest BCUT2D eigenvalue weighted by molar-refractivity contribution is 0.0519. The summed E-state index contributed by atoms with van der Waals surface area (Å²) >= 11 is 2.06.